The van der Waals surface area contributed by atoms with Crippen LogP contribution in [0.5, 0.6) is 0 Å². The van der Waals surface area contributed by atoms with Gasteiger partial charge in [0.15, 0.2) is 0 Å². The zero-order valence-corrected chi connectivity index (χ0v) is 12.0. The smallest absolute Gasteiger partial charge is 0.240 e. The number of hydrogen-bond donors (Lipinski definition) is 1. The van der Waals surface area contributed by atoms with Gasteiger partial charge in [-0.3, -0.25) is 14.5 Å². The van der Waals surface area contributed by atoms with Gasteiger partial charge in [-0.25, -0.2) is 0 Å². The molecule has 0 saturated carbocycles. The third kappa shape index (κ3) is 2.71. The van der Waals surface area contributed by atoms with Crippen molar-refractivity contribution >= 4 is 17.5 Å². The first kappa shape index (κ1) is 13.9. The van der Waals surface area contributed by atoms with Crippen molar-refractivity contribution in [2.24, 2.45) is 11.7 Å². The van der Waals surface area contributed by atoms with Crippen molar-refractivity contribution in [3.05, 3.63) is 42.0 Å². The van der Waals surface area contributed by atoms with Gasteiger partial charge in [0.1, 0.15) is 6.04 Å². The number of amides is 2. The Morgan fingerprint density at radius 3 is 2.81 bits per heavy atom. The number of benzene rings is 1. The summed E-state index contributed by atoms with van der Waals surface area (Å²) in [6, 6.07) is 7.13. The molecule has 1 unspecified atom stereocenters. The van der Waals surface area contributed by atoms with Crippen molar-refractivity contribution in [1.82, 2.24) is 0 Å². The van der Waals surface area contributed by atoms with Crippen LogP contribution in [0.1, 0.15) is 31.2 Å². The van der Waals surface area contributed by atoms with Gasteiger partial charge in [-0.05, 0) is 36.8 Å². The number of nitrogens with zero attached hydrogens (tertiary/aromatic N) is 1. The molecular formula is C17H20N2O2. The molecule has 0 saturated heterocycles. The zero-order valence-electron chi connectivity index (χ0n) is 12.0. The first-order valence-electron chi connectivity index (χ1n) is 7.53. The lowest BCUT2D eigenvalue weighted by atomic mass is 9.92. The first-order valence-corrected chi connectivity index (χ1v) is 7.53. The molecule has 2 atom stereocenters. The Morgan fingerprint density at radius 1 is 1.29 bits per heavy atom. The molecule has 0 radical (unpaired) electrons. The number of primary amides is 1. The van der Waals surface area contributed by atoms with Gasteiger partial charge in [-0.1, -0.05) is 30.4 Å². The number of nitrogens with two attached hydrogens (primary N) is 1. The van der Waals surface area contributed by atoms with Gasteiger partial charge in [0.25, 0.3) is 0 Å². The Hall–Kier alpha value is -2.10. The predicted octanol–water partition coefficient (Wildman–Crippen LogP) is 2.18. The van der Waals surface area contributed by atoms with E-state index in [4.69, 9.17) is 5.73 Å². The fraction of sp³-hybridized carbons (Fsp3) is 0.412. The molecule has 1 aliphatic heterocycles. The van der Waals surface area contributed by atoms with Gasteiger partial charge in [-0.15, -0.1) is 0 Å². The first-order chi connectivity index (χ1) is 10.2. The van der Waals surface area contributed by atoms with E-state index in [1.165, 1.54) is 0 Å². The van der Waals surface area contributed by atoms with E-state index in [0.717, 1.165) is 30.5 Å². The molecule has 110 valence electrons. The lowest BCUT2D eigenvalue weighted by Gasteiger charge is -2.25. The highest BCUT2D eigenvalue weighted by Gasteiger charge is 2.37. The fourth-order valence-corrected chi connectivity index (χ4v) is 3.30. The molecular weight excluding hydrogens is 264 g/mol. The molecule has 3 rings (SSSR count). The number of anilines is 1. The third-order valence-electron chi connectivity index (χ3n) is 4.36. The van der Waals surface area contributed by atoms with E-state index in [0.29, 0.717) is 12.8 Å². The highest BCUT2D eigenvalue weighted by atomic mass is 16.2. The molecule has 0 bridgehead atoms. The van der Waals surface area contributed by atoms with Crippen LogP contribution in [0.2, 0.25) is 0 Å². The Kier molecular flexibility index (Phi) is 3.78. The van der Waals surface area contributed by atoms with E-state index < -0.39 is 11.9 Å². The number of hydrogen-bond acceptors (Lipinski definition) is 2. The summed E-state index contributed by atoms with van der Waals surface area (Å²) in [4.78, 5) is 26.0. The average Bonchev–Trinajstić information content (AvgIpc) is 2.88. The van der Waals surface area contributed by atoms with Crippen LogP contribution in [0.15, 0.2) is 36.4 Å². The van der Waals surface area contributed by atoms with Crippen LogP contribution in [0, 0.1) is 5.92 Å². The standard InChI is InChI=1S/C17H20N2O2/c18-17(21)15-11-13-8-4-5-9-14(13)19(15)16(20)10-12-6-2-1-3-7-12/h2,4-6,8-9,12,15H,1,3,7,10-11H2,(H2,18,21)/t12?,15-/m0/s1. The number of fused-ring (bicyclic) bond motifs is 1. The van der Waals surface area contributed by atoms with E-state index >= 15 is 0 Å². The minimum Gasteiger partial charge on any atom is -0.368 e. The van der Waals surface area contributed by atoms with Gasteiger partial charge < -0.3 is 5.73 Å². The SMILES string of the molecule is NC(=O)[C@@H]1Cc2ccccc2N1C(=O)CC1C=CCCC1. The molecule has 2 amide bonds. The van der Waals surface area contributed by atoms with E-state index in [1.54, 1.807) is 4.90 Å². The molecule has 4 nitrogen and oxygen atoms in total. The van der Waals surface area contributed by atoms with Crippen LogP contribution < -0.4 is 10.6 Å². The summed E-state index contributed by atoms with van der Waals surface area (Å²) in [5, 5.41) is 0. The second kappa shape index (κ2) is 5.72. The Labute approximate surface area is 124 Å². The highest BCUT2D eigenvalue weighted by molar-refractivity contribution is 6.03. The summed E-state index contributed by atoms with van der Waals surface area (Å²) in [6.07, 6.45) is 8.52. The monoisotopic (exact) mass is 284 g/mol. The number of carbonyl (C=O) groups is 2. The van der Waals surface area contributed by atoms with Crippen molar-refractivity contribution < 1.29 is 9.59 Å². The van der Waals surface area contributed by atoms with Crippen LogP contribution in [0.4, 0.5) is 5.69 Å². The predicted molar refractivity (Wildman–Crippen MR) is 81.7 cm³/mol. The van der Waals surface area contributed by atoms with Gasteiger partial charge in [0.05, 0.1) is 0 Å². The van der Waals surface area contributed by atoms with E-state index in [1.807, 2.05) is 24.3 Å². The summed E-state index contributed by atoms with van der Waals surface area (Å²) >= 11 is 0. The molecule has 2 aliphatic rings. The Morgan fingerprint density at radius 2 is 2.10 bits per heavy atom. The summed E-state index contributed by atoms with van der Waals surface area (Å²) < 4.78 is 0. The summed E-state index contributed by atoms with van der Waals surface area (Å²) in [5.41, 5.74) is 7.35. The van der Waals surface area contributed by atoms with Crippen molar-refractivity contribution in [3.63, 3.8) is 0 Å². The molecule has 1 heterocycles. The van der Waals surface area contributed by atoms with Crippen LogP contribution in [0.25, 0.3) is 0 Å². The highest BCUT2D eigenvalue weighted by Crippen LogP contribution is 2.33. The van der Waals surface area contributed by atoms with Crippen molar-refractivity contribution in [3.8, 4) is 0 Å². The second-order valence-electron chi connectivity index (χ2n) is 5.84. The number of para-hydroxylation sites is 1. The van der Waals surface area contributed by atoms with E-state index in [2.05, 4.69) is 12.2 Å². The van der Waals surface area contributed by atoms with Crippen LogP contribution in [-0.4, -0.2) is 17.9 Å². The lowest BCUT2D eigenvalue weighted by molar-refractivity contribution is -0.124. The molecule has 1 aromatic carbocycles. The zero-order chi connectivity index (χ0) is 14.8. The number of rotatable bonds is 3. The average molecular weight is 284 g/mol. The van der Waals surface area contributed by atoms with Crippen molar-refractivity contribution in [2.45, 2.75) is 38.1 Å². The molecule has 1 aromatic rings. The summed E-state index contributed by atoms with van der Waals surface area (Å²) in [5.74, 6) is -0.147. The van der Waals surface area contributed by atoms with Crippen LogP contribution >= 0.6 is 0 Å². The molecule has 0 aromatic heterocycles. The van der Waals surface area contributed by atoms with Gasteiger partial charge in [0, 0.05) is 18.5 Å². The van der Waals surface area contributed by atoms with Crippen LogP contribution in [-0.2, 0) is 16.0 Å². The Balaban J connectivity index is 1.83. The van der Waals surface area contributed by atoms with E-state index in [-0.39, 0.29) is 11.8 Å². The summed E-state index contributed by atoms with van der Waals surface area (Å²) in [7, 11) is 0. The maximum absolute atomic E-state index is 12.7. The van der Waals surface area contributed by atoms with Crippen LogP contribution in [0.3, 0.4) is 0 Å². The summed E-state index contributed by atoms with van der Waals surface area (Å²) in [6.45, 7) is 0. The van der Waals surface area contributed by atoms with Crippen molar-refractivity contribution in [1.29, 1.82) is 0 Å². The molecule has 1 aliphatic carbocycles. The number of allylic oxidation sites excluding steroid dienone is 2. The quantitative estimate of drug-likeness (QED) is 0.865. The maximum atomic E-state index is 12.7. The van der Waals surface area contributed by atoms with Crippen molar-refractivity contribution in [2.75, 3.05) is 4.90 Å². The van der Waals surface area contributed by atoms with Gasteiger partial charge in [0.2, 0.25) is 11.8 Å². The molecule has 0 spiro atoms. The van der Waals surface area contributed by atoms with Gasteiger partial charge in [-0.2, -0.15) is 0 Å². The van der Waals surface area contributed by atoms with E-state index in [9.17, 15) is 9.59 Å². The third-order valence-corrected chi connectivity index (χ3v) is 4.36. The lowest BCUT2D eigenvalue weighted by Crippen LogP contribution is -2.46. The number of carbonyl (C=O) groups excluding carboxylic acids is 2. The molecule has 21 heavy (non-hydrogen) atoms. The normalized spacial score (nSPS) is 23.9. The Bertz CT molecular complexity index is 594. The molecule has 4 heteroatoms. The minimum absolute atomic E-state index is 0.000278. The van der Waals surface area contributed by atoms with Gasteiger partial charge >= 0.3 is 0 Å². The molecule has 0 fully saturated rings. The topological polar surface area (TPSA) is 63.4 Å². The maximum Gasteiger partial charge on any atom is 0.240 e. The second-order valence-corrected chi connectivity index (χ2v) is 5.84. The fourth-order valence-electron chi connectivity index (χ4n) is 3.30. The largest absolute Gasteiger partial charge is 0.368 e. The molecule has 2 N–H and O–H groups in total. The minimum atomic E-state index is -0.539.